The van der Waals surface area contributed by atoms with E-state index in [2.05, 4.69) is 90.2 Å². The fourth-order valence-electron chi connectivity index (χ4n) is 4.08. The lowest BCUT2D eigenvalue weighted by atomic mass is 9.82. The van der Waals surface area contributed by atoms with Crippen molar-refractivity contribution in [2.24, 2.45) is 16.2 Å². The molecule has 4 nitrogen and oxygen atoms in total. The quantitative estimate of drug-likeness (QED) is 0.405. The minimum absolute atomic E-state index is 0. The van der Waals surface area contributed by atoms with Crippen LogP contribution < -0.4 is 21.3 Å². The summed E-state index contributed by atoms with van der Waals surface area (Å²) in [6, 6.07) is 2.04. The summed E-state index contributed by atoms with van der Waals surface area (Å²) in [6.07, 6.45) is 6.87. The summed E-state index contributed by atoms with van der Waals surface area (Å²) in [5.41, 5.74) is 1.25. The molecule has 3 unspecified atom stereocenters. The molecule has 0 aromatic rings. The van der Waals surface area contributed by atoms with Crippen molar-refractivity contribution >= 4 is 0 Å². The zero-order chi connectivity index (χ0) is 22.3. The zero-order valence-electron chi connectivity index (χ0n) is 21.1. The van der Waals surface area contributed by atoms with Gasteiger partial charge in [0.2, 0.25) is 0 Å². The molecule has 0 bridgehead atoms. The molecule has 3 rings (SSSR count). The van der Waals surface area contributed by atoms with Gasteiger partial charge in [0.1, 0.15) is 0 Å². The first kappa shape index (κ1) is 29.3. The highest BCUT2D eigenvalue weighted by molar-refractivity contribution is 5.03. The van der Waals surface area contributed by atoms with Crippen LogP contribution in [-0.4, -0.2) is 37.8 Å². The van der Waals surface area contributed by atoms with E-state index in [1.54, 1.807) is 0 Å². The molecule has 4 N–H and O–H groups in total. The van der Waals surface area contributed by atoms with E-state index in [-0.39, 0.29) is 7.43 Å². The molecule has 30 heavy (non-hydrogen) atoms. The Morgan fingerprint density at radius 1 is 0.667 bits per heavy atom. The van der Waals surface area contributed by atoms with Crippen LogP contribution in [0.5, 0.6) is 0 Å². The number of hydrogen-bond donors (Lipinski definition) is 4. The topological polar surface area (TPSA) is 48.1 Å². The van der Waals surface area contributed by atoms with Gasteiger partial charge in [0.05, 0.1) is 5.82 Å². The average Bonchev–Trinajstić information content (AvgIpc) is 3.26. The van der Waals surface area contributed by atoms with Gasteiger partial charge in [0.25, 0.3) is 0 Å². The minimum atomic E-state index is 0. The van der Waals surface area contributed by atoms with Crippen LogP contribution in [0.4, 0.5) is 0 Å². The molecule has 3 aliphatic heterocycles. The Balaban J connectivity index is 0.000000414. The lowest BCUT2D eigenvalue weighted by Crippen LogP contribution is -2.43. The maximum Gasteiger partial charge on any atom is 0.0916 e. The second-order valence-corrected chi connectivity index (χ2v) is 12.3. The summed E-state index contributed by atoms with van der Waals surface area (Å²) in [6.45, 7) is 27.8. The predicted octanol–water partition coefficient (Wildman–Crippen LogP) is 5.66. The Kier molecular flexibility index (Phi) is 12.0. The molecule has 0 saturated carbocycles. The SMILES string of the molecule is C.C=C1NCC(C(C)(C)C)N1.CC(C)(C)C1CCCCN1.CC(C)(C)C1CCCN1. The lowest BCUT2D eigenvalue weighted by molar-refractivity contribution is 0.226. The summed E-state index contributed by atoms with van der Waals surface area (Å²) >= 11 is 0. The van der Waals surface area contributed by atoms with E-state index < -0.39 is 0 Å². The maximum atomic E-state index is 3.80. The molecule has 0 amide bonds. The van der Waals surface area contributed by atoms with Crippen molar-refractivity contribution in [2.45, 2.75) is 120 Å². The summed E-state index contributed by atoms with van der Waals surface area (Å²) in [7, 11) is 0. The molecule has 3 heterocycles. The highest BCUT2D eigenvalue weighted by Crippen LogP contribution is 2.26. The molecule has 3 atom stereocenters. The molecule has 0 aromatic heterocycles. The molecule has 180 valence electrons. The van der Waals surface area contributed by atoms with E-state index >= 15 is 0 Å². The monoisotopic (exact) mass is 424 g/mol. The molecule has 0 radical (unpaired) electrons. The van der Waals surface area contributed by atoms with E-state index in [4.69, 9.17) is 0 Å². The van der Waals surface area contributed by atoms with Gasteiger partial charge >= 0.3 is 0 Å². The number of nitrogens with one attached hydrogen (secondary N) is 4. The fraction of sp³-hybridized carbons (Fsp3) is 0.923. The molecule has 0 spiro atoms. The van der Waals surface area contributed by atoms with Crippen molar-refractivity contribution in [3.05, 3.63) is 12.4 Å². The number of hydrogen-bond acceptors (Lipinski definition) is 4. The van der Waals surface area contributed by atoms with E-state index in [1.165, 1.54) is 45.2 Å². The highest BCUT2D eigenvalue weighted by atomic mass is 15.2. The van der Waals surface area contributed by atoms with Crippen LogP contribution >= 0.6 is 0 Å². The van der Waals surface area contributed by atoms with Crippen molar-refractivity contribution in [1.29, 1.82) is 0 Å². The van der Waals surface area contributed by atoms with Gasteiger partial charge in [0, 0.05) is 24.7 Å². The van der Waals surface area contributed by atoms with Gasteiger partial charge in [-0.1, -0.05) is 82.7 Å². The summed E-state index contributed by atoms with van der Waals surface area (Å²) in [5.74, 6) is 0.958. The van der Waals surface area contributed by atoms with Gasteiger partial charge < -0.3 is 21.3 Å². The molecular formula is C26H56N4. The Morgan fingerprint density at radius 3 is 1.33 bits per heavy atom. The van der Waals surface area contributed by atoms with Gasteiger partial charge in [-0.3, -0.25) is 0 Å². The molecule has 3 saturated heterocycles. The lowest BCUT2D eigenvalue weighted by Gasteiger charge is -2.34. The summed E-state index contributed by atoms with van der Waals surface area (Å²) in [5, 5.41) is 13.5. The first-order valence-electron chi connectivity index (χ1n) is 11.9. The highest BCUT2D eigenvalue weighted by Gasteiger charge is 2.28. The maximum absolute atomic E-state index is 3.80. The van der Waals surface area contributed by atoms with Crippen molar-refractivity contribution < 1.29 is 0 Å². The Bertz CT molecular complexity index is 467. The van der Waals surface area contributed by atoms with Crippen molar-refractivity contribution in [3.63, 3.8) is 0 Å². The van der Waals surface area contributed by atoms with E-state index in [9.17, 15) is 0 Å². The van der Waals surface area contributed by atoms with Crippen LogP contribution in [0.1, 0.15) is 102 Å². The third-order valence-electron chi connectivity index (χ3n) is 6.37. The molecular weight excluding hydrogens is 368 g/mol. The molecule has 0 aliphatic carbocycles. The standard InChI is InChI=1S/C9H19N.C8H16N2.C8H17N.CH4/c1-9(2,3)8-6-4-5-7-10-8;1-6-9-5-7(10-6)8(2,3)4;1-8(2,3)7-5-4-6-9-7;/h8,10H,4-7H2,1-3H3;7,9-10H,1,5H2,2-4H3;7,9H,4-6H2,1-3H3;1H4. The van der Waals surface area contributed by atoms with E-state index in [0.29, 0.717) is 22.3 Å². The summed E-state index contributed by atoms with van der Waals surface area (Å²) in [4.78, 5) is 0. The zero-order valence-corrected chi connectivity index (χ0v) is 21.1. The van der Waals surface area contributed by atoms with Crippen LogP contribution in [0.25, 0.3) is 0 Å². The van der Waals surface area contributed by atoms with E-state index in [1.807, 2.05) is 0 Å². The van der Waals surface area contributed by atoms with Crippen molar-refractivity contribution in [3.8, 4) is 0 Å². The largest absolute Gasteiger partial charge is 0.370 e. The van der Waals surface area contributed by atoms with Crippen LogP contribution in [0, 0.1) is 16.2 Å². The van der Waals surface area contributed by atoms with Crippen molar-refractivity contribution in [2.75, 3.05) is 19.6 Å². The molecule has 3 fully saturated rings. The number of piperidine rings is 1. The van der Waals surface area contributed by atoms with Crippen molar-refractivity contribution in [1.82, 2.24) is 21.3 Å². The van der Waals surface area contributed by atoms with Gasteiger partial charge in [-0.15, -0.1) is 0 Å². The fourth-order valence-corrected chi connectivity index (χ4v) is 4.08. The van der Waals surface area contributed by atoms with Gasteiger partial charge in [0.15, 0.2) is 0 Å². The smallest absolute Gasteiger partial charge is 0.0916 e. The molecule has 3 aliphatic rings. The Labute approximate surface area is 189 Å². The second kappa shape index (κ2) is 12.3. The van der Waals surface area contributed by atoms with Crippen LogP contribution in [0.15, 0.2) is 12.4 Å². The normalized spacial score (nSPS) is 26.8. The first-order valence-corrected chi connectivity index (χ1v) is 11.9. The van der Waals surface area contributed by atoms with Crippen LogP contribution in [0.3, 0.4) is 0 Å². The van der Waals surface area contributed by atoms with Gasteiger partial charge in [-0.2, -0.15) is 0 Å². The number of rotatable bonds is 0. The molecule has 4 heteroatoms. The Morgan fingerprint density at radius 2 is 1.10 bits per heavy atom. The minimum Gasteiger partial charge on any atom is -0.370 e. The van der Waals surface area contributed by atoms with E-state index in [0.717, 1.165) is 24.4 Å². The van der Waals surface area contributed by atoms with Crippen LogP contribution in [0.2, 0.25) is 0 Å². The molecule has 0 aromatic carbocycles. The average molecular weight is 425 g/mol. The Hall–Kier alpha value is -0.740. The predicted molar refractivity (Wildman–Crippen MR) is 136 cm³/mol. The second-order valence-electron chi connectivity index (χ2n) is 12.3. The first-order chi connectivity index (χ1) is 13.2. The summed E-state index contributed by atoms with van der Waals surface area (Å²) < 4.78 is 0. The third-order valence-corrected chi connectivity index (χ3v) is 6.37. The third kappa shape index (κ3) is 11.0. The van der Waals surface area contributed by atoms with Gasteiger partial charge in [-0.25, -0.2) is 0 Å². The van der Waals surface area contributed by atoms with Crippen LogP contribution in [-0.2, 0) is 0 Å². The van der Waals surface area contributed by atoms with Gasteiger partial charge in [-0.05, 0) is 55.0 Å².